The number of furan rings is 1. The molecule has 0 saturated carbocycles. The van der Waals surface area contributed by atoms with Gasteiger partial charge in [-0.05, 0) is 50.1 Å². The van der Waals surface area contributed by atoms with Gasteiger partial charge >= 0.3 is 5.97 Å². The number of carbonyl (C=O) groups excluding carboxylic acids is 2. The monoisotopic (exact) mass is 535 g/mol. The Morgan fingerprint density at radius 2 is 1.97 bits per heavy atom. The molecule has 0 fully saturated rings. The fraction of sp³-hybridized carbons (Fsp3) is 0.154. The van der Waals surface area contributed by atoms with Crippen molar-refractivity contribution in [2.45, 2.75) is 26.2 Å². The number of esters is 1. The first kappa shape index (κ1) is 22.9. The molecule has 2 heterocycles. The number of rotatable bonds is 4. The lowest BCUT2D eigenvalue weighted by Crippen LogP contribution is -2.23. The fourth-order valence-electron chi connectivity index (χ4n) is 4.14. The smallest absolute Gasteiger partial charge is 0.380 e. The van der Waals surface area contributed by atoms with Crippen LogP contribution in [0.4, 0.5) is 4.39 Å². The van der Waals surface area contributed by atoms with E-state index in [4.69, 9.17) is 9.15 Å². The maximum absolute atomic E-state index is 13.9. The molecule has 0 saturated heterocycles. The number of aryl methyl sites for hydroxylation is 1. The first-order valence-electron chi connectivity index (χ1n) is 10.9. The standard InChI is InChI=1S/C26H19BrFN3O4/c1-14-22-19(30-31-25(32)16-6-2-3-8-18(16)28)9-4-10-20(22)34-24(14)26(33)35-21-12-11-17(27)15-7-5-13-29-23(15)21/h2-3,5-8,11-13H,4,9-10H2,1H3,(H,31,32)/b30-19+. The van der Waals surface area contributed by atoms with Crippen LogP contribution in [0.5, 0.6) is 5.75 Å². The molecule has 2 aromatic heterocycles. The van der Waals surface area contributed by atoms with Crippen LogP contribution in [0.3, 0.4) is 0 Å². The Bertz CT molecular complexity index is 1510. The summed E-state index contributed by atoms with van der Waals surface area (Å²) in [5.41, 5.74) is 4.66. The summed E-state index contributed by atoms with van der Waals surface area (Å²) in [5, 5.41) is 5.05. The van der Waals surface area contributed by atoms with Crippen molar-refractivity contribution in [3.63, 3.8) is 0 Å². The van der Waals surface area contributed by atoms with E-state index in [1.165, 1.54) is 18.2 Å². The highest BCUT2D eigenvalue weighted by molar-refractivity contribution is 9.10. The largest absolute Gasteiger partial charge is 0.453 e. The number of ether oxygens (including phenoxy) is 1. The van der Waals surface area contributed by atoms with Crippen LogP contribution in [-0.4, -0.2) is 22.6 Å². The summed E-state index contributed by atoms with van der Waals surface area (Å²) in [6.07, 6.45) is 3.54. The second kappa shape index (κ2) is 9.42. The van der Waals surface area contributed by atoms with Gasteiger partial charge in [0.1, 0.15) is 17.1 Å². The van der Waals surface area contributed by atoms with Gasteiger partial charge < -0.3 is 9.15 Å². The summed E-state index contributed by atoms with van der Waals surface area (Å²) in [4.78, 5) is 29.8. The van der Waals surface area contributed by atoms with Crippen molar-refractivity contribution < 1.29 is 23.1 Å². The topological polar surface area (TPSA) is 93.8 Å². The van der Waals surface area contributed by atoms with Gasteiger partial charge in [0.15, 0.2) is 5.75 Å². The van der Waals surface area contributed by atoms with E-state index >= 15 is 0 Å². The maximum atomic E-state index is 13.9. The van der Waals surface area contributed by atoms with Gasteiger partial charge in [0.25, 0.3) is 5.91 Å². The van der Waals surface area contributed by atoms with Gasteiger partial charge in [-0.25, -0.2) is 14.6 Å². The SMILES string of the molecule is Cc1c(C(=O)Oc2ccc(Br)c3cccnc23)oc2c1/C(=N/NC(=O)c1ccccc1F)CCC2. The van der Waals surface area contributed by atoms with Gasteiger partial charge in [-0.1, -0.05) is 34.1 Å². The molecule has 4 aromatic rings. The van der Waals surface area contributed by atoms with Crippen molar-refractivity contribution in [1.82, 2.24) is 10.4 Å². The van der Waals surface area contributed by atoms with Gasteiger partial charge in [0.2, 0.25) is 5.76 Å². The predicted octanol–water partition coefficient (Wildman–Crippen LogP) is 5.73. The Kier molecular flexibility index (Phi) is 6.17. The van der Waals surface area contributed by atoms with E-state index < -0.39 is 17.7 Å². The van der Waals surface area contributed by atoms with E-state index in [2.05, 4.69) is 31.4 Å². The molecule has 0 spiro atoms. The van der Waals surface area contributed by atoms with Crippen LogP contribution in [0, 0.1) is 12.7 Å². The van der Waals surface area contributed by atoms with Gasteiger partial charge in [-0.2, -0.15) is 5.10 Å². The molecule has 0 radical (unpaired) electrons. The summed E-state index contributed by atoms with van der Waals surface area (Å²) in [7, 11) is 0. The van der Waals surface area contributed by atoms with Crippen molar-refractivity contribution >= 4 is 44.4 Å². The van der Waals surface area contributed by atoms with Crippen LogP contribution in [-0.2, 0) is 6.42 Å². The summed E-state index contributed by atoms with van der Waals surface area (Å²) in [6.45, 7) is 1.75. The molecule has 35 heavy (non-hydrogen) atoms. The molecule has 1 amide bonds. The molecule has 2 aromatic carbocycles. The number of pyridine rings is 1. The van der Waals surface area contributed by atoms with Crippen LogP contribution < -0.4 is 10.2 Å². The molecule has 0 unspecified atom stereocenters. The van der Waals surface area contributed by atoms with Crippen LogP contribution in [0.2, 0.25) is 0 Å². The average molecular weight is 536 g/mol. The molecule has 1 aliphatic carbocycles. The third kappa shape index (κ3) is 4.35. The normalized spacial score (nSPS) is 14.1. The van der Waals surface area contributed by atoms with Gasteiger partial charge in [-0.3, -0.25) is 9.78 Å². The van der Waals surface area contributed by atoms with Crippen LogP contribution >= 0.6 is 15.9 Å². The molecular formula is C26H19BrFN3O4. The van der Waals surface area contributed by atoms with Crippen LogP contribution in [0.25, 0.3) is 10.9 Å². The van der Waals surface area contributed by atoms with Crippen molar-refractivity contribution in [2.24, 2.45) is 5.10 Å². The minimum Gasteiger partial charge on any atom is -0.453 e. The van der Waals surface area contributed by atoms with Gasteiger partial charge in [-0.15, -0.1) is 0 Å². The number of nitrogens with zero attached hydrogens (tertiary/aromatic N) is 2. The number of halogens is 2. The molecule has 9 heteroatoms. The Hall–Kier alpha value is -3.85. The number of benzene rings is 2. The highest BCUT2D eigenvalue weighted by Gasteiger charge is 2.29. The number of hydrogen-bond acceptors (Lipinski definition) is 6. The molecule has 0 atom stereocenters. The third-order valence-corrected chi connectivity index (χ3v) is 6.50. The Balaban J connectivity index is 1.42. The predicted molar refractivity (Wildman–Crippen MR) is 131 cm³/mol. The number of hydrazone groups is 1. The molecule has 0 bridgehead atoms. The van der Waals surface area contributed by atoms with E-state index in [0.29, 0.717) is 46.7 Å². The van der Waals surface area contributed by atoms with Gasteiger partial charge in [0, 0.05) is 33.6 Å². The van der Waals surface area contributed by atoms with Gasteiger partial charge in [0.05, 0.1) is 11.3 Å². The second-order valence-corrected chi connectivity index (χ2v) is 8.88. The zero-order valence-electron chi connectivity index (χ0n) is 18.6. The number of amides is 1. The number of aromatic nitrogens is 1. The average Bonchev–Trinajstić information content (AvgIpc) is 3.22. The number of nitrogens with one attached hydrogen (secondary N) is 1. The van der Waals surface area contributed by atoms with E-state index in [1.807, 2.05) is 6.07 Å². The second-order valence-electron chi connectivity index (χ2n) is 8.02. The fourth-order valence-corrected chi connectivity index (χ4v) is 4.59. The van der Waals surface area contributed by atoms with E-state index in [9.17, 15) is 14.0 Å². The molecule has 1 aliphatic rings. The molecule has 176 valence electrons. The minimum atomic E-state index is -0.655. The van der Waals surface area contributed by atoms with Crippen LogP contribution in [0.1, 0.15) is 50.6 Å². The van der Waals surface area contributed by atoms with E-state index in [0.717, 1.165) is 16.3 Å². The highest BCUT2D eigenvalue weighted by Crippen LogP contribution is 2.33. The third-order valence-electron chi connectivity index (χ3n) is 5.80. The molecule has 5 rings (SSSR count). The zero-order valence-corrected chi connectivity index (χ0v) is 20.2. The Morgan fingerprint density at radius 1 is 1.14 bits per heavy atom. The lowest BCUT2D eigenvalue weighted by atomic mass is 9.93. The summed E-state index contributed by atoms with van der Waals surface area (Å²) < 4.78 is 26.3. The lowest BCUT2D eigenvalue weighted by Gasteiger charge is -2.13. The summed E-state index contributed by atoms with van der Waals surface area (Å²) in [5.74, 6) is -0.961. The highest BCUT2D eigenvalue weighted by atomic mass is 79.9. The van der Waals surface area contributed by atoms with Crippen molar-refractivity contribution in [1.29, 1.82) is 0 Å². The Labute approximate surface area is 208 Å². The van der Waals surface area contributed by atoms with E-state index in [1.54, 1.807) is 37.4 Å². The van der Waals surface area contributed by atoms with Crippen molar-refractivity contribution in [3.05, 3.63) is 93.2 Å². The summed E-state index contributed by atoms with van der Waals surface area (Å²) in [6, 6.07) is 12.8. The molecule has 7 nitrogen and oxygen atoms in total. The number of carbonyl (C=O) groups is 2. The molecule has 0 aliphatic heterocycles. The Morgan fingerprint density at radius 3 is 2.80 bits per heavy atom. The zero-order chi connectivity index (χ0) is 24.5. The number of hydrogen-bond donors (Lipinski definition) is 1. The molecule has 1 N–H and O–H groups in total. The summed E-state index contributed by atoms with van der Waals surface area (Å²) >= 11 is 3.48. The van der Waals surface area contributed by atoms with Crippen molar-refractivity contribution in [3.8, 4) is 5.75 Å². The lowest BCUT2D eigenvalue weighted by molar-refractivity contribution is 0.0700. The van der Waals surface area contributed by atoms with Crippen LogP contribution in [0.15, 0.2) is 68.7 Å². The van der Waals surface area contributed by atoms with Crippen molar-refractivity contribution in [2.75, 3.05) is 0 Å². The first-order chi connectivity index (χ1) is 16.9. The maximum Gasteiger partial charge on any atom is 0.380 e. The number of fused-ring (bicyclic) bond motifs is 2. The first-order valence-corrected chi connectivity index (χ1v) is 11.7. The van der Waals surface area contributed by atoms with E-state index in [-0.39, 0.29) is 11.3 Å². The quantitative estimate of drug-likeness (QED) is 0.204. The molecular weight excluding hydrogens is 517 g/mol. The minimum absolute atomic E-state index is 0.0667.